The highest BCUT2D eigenvalue weighted by atomic mass is 16.5. The van der Waals surface area contributed by atoms with Gasteiger partial charge in [0.2, 0.25) is 11.6 Å². The van der Waals surface area contributed by atoms with E-state index in [2.05, 4.69) is 10.3 Å². The van der Waals surface area contributed by atoms with Crippen molar-refractivity contribution in [2.45, 2.75) is 13.5 Å². The van der Waals surface area contributed by atoms with Crippen molar-refractivity contribution in [3.63, 3.8) is 0 Å². The summed E-state index contributed by atoms with van der Waals surface area (Å²) in [5.74, 6) is -0.664. The van der Waals surface area contributed by atoms with Gasteiger partial charge in [0.15, 0.2) is 11.5 Å². The number of hydrogen-bond donors (Lipinski definition) is 4. The molecule has 0 bridgehead atoms. The molecule has 2 aromatic rings. The molecule has 0 fully saturated rings. The molecule has 0 unspecified atom stereocenters. The summed E-state index contributed by atoms with van der Waals surface area (Å²) in [4.78, 5) is 4.10. The van der Waals surface area contributed by atoms with E-state index in [0.717, 1.165) is 5.69 Å². The maximum atomic E-state index is 9.68. The fourth-order valence-electron chi connectivity index (χ4n) is 1.67. The van der Waals surface area contributed by atoms with Crippen LogP contribution in [-0.2, 0) is 6.54 Å². The topological polar surface area (TPSA) is 94.8 Å². The molecule has 4 N–H and O–H groups in total. The quantitative estimate of drug-likeness (QED) is 0.625. The van der Waals surface area contributed by atoms with Crippen molar-refractivity contribution in [2.24, 2.45) is 0 Å². The van der Waals surface area contributed by atoms with Gasteiger partial charge in [-0.15, -0.1) is 0 Å². The van der Waals surface area contributed by atoms with Crippen LogP contribution in [0.15, 0.2) is 30.5 Å². The lowest BCUT2D eigenvalue weighted by atomic mass is 10.1. The molecule has 0 amide bonds. The molecule has 0 spiro atoms. The van der Waals surface area contributed by atoms with Gasteiger partial charge in [-0.3, -0.25) is 0 Å². The van der Waals surface area contributed by atoms with Gasteiger partial charge in [0, 0.05) is 18.2 Å². The highest BCUT2D eigenvalue weighted by molar-refractivity contribution is 5.54. The van der Waals surface area contributed by atoms with E-state index in [0.29, 0.717) is 18.1 Å². The summed E-state index contributed by atoms with van der Waals surface area (Å²) in [6.45, 7) is 2.73. The average molecular weight is 276 g/mol. The van der Waals surface area contributed by atoms with Gasteiger partial charge in [-0.05, 0) is 25.1 Å². The second-order valence-corrected chi connectivity index (χ2v) is 4.11. The van der Waals surface area contributed by atoms with Crippen molar-refractivity contribution >= 4 is 5.69 Å². The fraction of sp³-hybridized carbons (Fsp3) is 0.214. The lowest BCUT2D eigenvalue weighted by Crippen LogP contribution is -2.01. The third-order valence-electron chi connectivity index (χ3n) is 2.73. The first kappa shape index (κ1) is 13.8. The number of ether oxygens (including phenoxy) is 1. The van der Waals surface area contributed by atoms with Gasteiger partial charge in [0.25, 0.3) is 0 Å². The lowest BCUT2D eigenvalue weighted by molar-refractivity contribution is 0.327. The molecular weight excluding hydrogens is 260 g/mol. The number of rotatable bonds is 5. The normalized spacial score (nSPS) is 10.2. The summed E-state index contributed by atoms with van der Waals surface area (Å²) in [6, 6.07) is 6.39. The Morgan fingerprint density at radius 3 is 2.55 bits per heavy atom. The summed E-state index contributed by atoms with van der Waals surface area (Å²) < 4.78 is 5.23. The number of aromatic hydroxyl groups is 3. The Kier molecular flexibility index (Phi) is 4.14. The standard InChI is InChI=1S/C14H16N2O4/c1-2-20-12-6-4-10(8-16-12)15-7-9-3-5-11(17)14(19)13(9)18/h3-6,8,15,17-19H,2,7H2,1H3. The first-order valence-corrected chi connectivity index (χ1v) is 6.17. The van der Waals surface area contributed by atoms with Gasteiger partial charge in [-0.2, -0.15) is 0 Å². The van der Waals surface area contributed by atoms with Crippen LogP contribution < -0.4 is 10.1 Å². The first-order valence-electron chi connectivity index (χ1n) is 6.17. The van der Waals surface area contributed by atoms with Crippen LogP contribution in [0.5, 0.6) is 23.1 Å². The number of hydrogen-bond acceptors (Lipinski definition) is 6. The molecular formula is C14H16N2O4. The molecule has 0 atom stereocenters. The number of anilines is 1. The van der Waals surface area contributed by atoms with Crippen LogP contribution in [0.3, 0.4) is 0 Å². The summed E-state index contributed by atoms with van der Waals surface area (Å²) in [6.07, 6.45) is 1.61. The summed E-state index contributed by atoms with van der Waals surface area (Å²) in [7, 11) is 0. The predicted molar refractivity (Wildman–Crippen MR) is 74.2 cm³/mol. The van der Waals surface area contributed by atoms with E-state index in [4.69, 9.17) is 4.74 Å². The van der Waals surface area contributed by atoms with Crippen molar-refractivity contribution in [1.82, 2.24) is 4.98 Å². The summed E-state index contributed by atoms with van der Waals surface area (Å²) >= 11 is 0. The highest BCUT2D eigenvalue weighted by Crippen LogP contribution is 2.37. The van der Waals surface area contributed by atoms with E-state index < -0.39 is 5.75 Å². The molecule has 0 radical (unpaired) electrons. The van der Waals surface area contributed by atoms with Crippen LogP contribution in [0.2, 0.25) is 0 Å². The van der Waals surface area contributed by atoms with Crippen LogP contribution in [0.4, 0.5) is 5.69 Å². The van der Waals surface area contributed by atoms with Gasteiger partial charge >= 0.3 is 0 Å². The largest absolute Gasteiger partial charge is 0.504 e. The Balaban J connectivity index is 2.03. The van der Waals surface area contributed by atoms with Crippen LogP contribution in [0.1, 0.15) is 12.5 Å². The Morgan fingerprint density at radius 1 is 1.10 bits per heavy atom. The molecule has 20 heavy (non-hydrogen) atoms. The zero-order valence-electron chi connectivity index (χ0n) is 11.0. The van der Waals surface area contributed by atoms with Crippen LogP contribution in [0.25, 0.3) is 0 Å². The summed E-state index contributed by atoms with van der Waals surface area (Å²) in [5.41, 5.74) is 1.22. The minimum absolute atomic E-state index is 0.287. The minimum atomic E-state index is -0.519. The number of nitrogens with one attached hydrogen (secondary N) is 1. The second kappa shape index (κ2) is 6.01. The van der Waals surface area contributed by atoms with E-state index in [1.807, 2.05) is 6.92 Å². The first-order chi connectivity index (χ1) is 9.61. The van der Waals surface area contributed by atoms with Gasteiger partial charge in [-0.25, -0.2) is 4.98 Å². The zero-order valence-corrected chi connectivity index (χ0v) is 11.0. The highest BCUT2D eigenvalue weighted by Gasteiger charge is 2.10. The Morgan fingerprint density at radius 2 is 1.90 bits per heavy atom. The smallest absolute Gasteiger partial charge is 0.213 e. The van der Waals surface area contributed by atoms with E-state index in [1.165, 1.54) is 12.1 Å². The van der Waals surface area contributed by atoms with Crippen LogP contribution in [-0.4, -0.2) is 26.9 Å². The number of phenols is 3. The minimum Gasteiger partial charge on any atom is -0.504 e. The predicted octanol–water partition coefficient (Wildman–Crippen LogP) is 2.21. The Hall–Kier alpha value is -2.63. The van der Waals surface area contributed by atoms with E-state index in [-0.39, 0.29) is 18.0 Å². The molecule has 1 heterocycles. The van der Waals surface area contributed by atoms with E-state index >= 15 is 0 Å². The van der Waals surface area contributed by atoms with Gasteiger partial charge in [0.05, 0.1) is 18.5 Å². The number of phenolic OH excluding ortho intramolecular Hbond substituents is 3. The molecule has 0 saturated carbocycles. The molecule has 1 aromatic carbocycles. The van der Waals surface area contributed by atoms with Crippen LogP contribution >= 0.6 is 0 Å². The fourth-order valence-corrected chi connectivity index (χ4v) is 1.67. The molecule has 2 rings (SSSR count). The molecule has 0 aliphatic rings. The number of pyridine rings is 1. The Labute approximate surface area is 116 Å². The van der Waals surface area contributed by atoms with E-state index in [1.54, 1.807) is 18.3 Å². The van der Waals surface area contributed by atoms with Crippen molar-refractivity contribution in [3.05, 3.63) is 36.0 Å². The number of nitrogens with zero attached hydrogens (tertiary/aromatic N) is 1. The molecule has 6 heteroatoms. The van der Waals surface area contributed by atoms with Gasteiger partial charge in [0.1, 0.15) is 0 Å². The lowest BCUT2D eigenvalue weighted by Gasteiger charge is -2.10. The number of aromatic nitrogens is 1. The molecule has 0 aliphatic carbocycles. The zero-order chi connectivity index (χ0) is 14.5. The SMILES string of the molecule is CCOc1ccc(NCc2ccc(O)c(O)c2O)cn1. The third-order valence-corrected chi connectivity index (χ3v) is 2.73. The second-order valence-electron chi connectivity index (χ2n) is 4.11. The van der Waals surface area contributed by atoms with Crippen molar-refractivity contribution < 1.29 is 20.1 Å². The van der Waals surface area contributed by atoms with Crippen molar-refractivity contribution in [3.8, 4) is 23.1 Å². The molecule has 1 aromatic heterocycles. The molecule has 6 nitrogen and oxygen atoms in total. The molecule has 106 valence electrons. The Bertz CT molecular complexity index is 584. The average Bonchev–Trinajstić information content (AvgIpc) is 2.46. The monoisotopic (exact) mass is 276 g/mol. The molecule has 0 aliphatic heterocycles. The van der Waals surface area contributed by atoms with Gasteiger partial charge in [-0.1, -0.05) is 0 Å². The summed E-state index contributed by atoms with van der Waals surface area (Å²) in [5, 5.41) is 31.4. The van der Waals surface area contributed by atoms with E-state index in [9.17, 15) is 15.3 Å². The van der Waals surface area contributed by atoms with Crippen molar-refractivity contribution in [1.29, 1.82) is 0 Å². The van der Waals surface area contributed by atoms with Crippen LogP contribution in [0, 0.1) is 0 Å². The maximum Gasteiger partial charge on any atom is 0.213 e. The maximum absolute atomic E-state index is 9.68. The number of benzene rings is 1. The molecule has 0 saturated heterocycles. The van der Waals surface area contributed by atoms with Gasteiger partial charge < -0.3 is 25.4 Å². The third kappa shape index (κ3) is 3.03. The van der Waals surface area contributed by atoms with Crippen molar-refractivity contribution in [2.75, 3.05) is 11.9 Å².